The van der Waals surface area contributed by atoms with Gasteiger partial charge in [0, 0.05) is 56.0 Å². The Morgan fingerprint density at radius 2 is 1.17 bits per heavy atom. The first-order valence-electron chi connectivity index (χ1n) is 16.2. The van der Waals surface area contributed by atoms with Crippen LogP contribution in [0.5, 0.6) is 0 Å². The summed E-state index contributed by atoms with van der Waals surface area (Å²) in [6.45, 7) is 0. The van der Waals surface area contributed by atoms with E-state index >= 15 is 0 Å². The predicted molar refractivity (Wildman–Crippen MR) is 197 cm³/mol. The van der Waals surface area contributed by atoms with Gasteiger partial charge in [0.25, 0.3) is 0 Å². The Hall–Kier alpha value is -6.59. The fourth-order valence-corrected chi connectivity index (χ4v) is 7.93. The van der Waals surface area contributed by atoms with Crippen molar-refractivity contribution in [3.8, 4) is 22.6 Å². The van der Waals surface area contributed by atoms with E-state index < -0.39 is 0 Å². The topological polar surface area (TPSA) is 40.3 Å². The summed E-state index contributed by atoms with van der Waals surface area (Å²) in [6, 6.07) is 51.4. The first kappa shape index (κ1) is 25.6. The maximum absolute atomic E-state index is 6.91. The zero-order valence-electron chi connectivity index (χ0n) is 25.7. The van der Waals surface area contributed by atoms with Crippen LogP contribution in [0.15, 0.2) is 162 Å². The van der Waals surface area contributed by atoms with Gasteiger partial charge in [0.15, 0.2) is 5.58 Å². The fourth-order valence-electron chi connectivity index (χ4n) is 7.93. The second kappa shape index (κ2) is 9.47. The second-order valence-corrected chi connectivity index (χ2v) is 12.4. The molecule has 0 saturated carbocycles. The van der Waals surface area contributed by atoms with Gasteiger partial charge in [-0.1, -0.05) is 97.1 Å². The Balaban J connectivity index is 1.43. The summed E-state index contributed by atoms with van der Waals surface area (Å²) in [6.07, 6.45) is 4.18. The molecule has 5 nitrogen and oxygen atoms in total. The summed E-state index contributed by atoms with van der Waals surface area (Å²) < 4.78 is 13.8. The largest absolute Gasteiger partial charge is 0.454 e. The molecule has 224 valence electrons. The minimum Gasteiger partial charge on any atom is -0.454 e. The number of hydrogen-bond donors (Lipinski definition) is 0. The highest BCUT2D eigenvalue weighted by atomic mass is 16.3. The Bertz CT molecular complexity index is 3030. The standard InChI is InChI=1S/C43H26N4O/c1-2-14-27(15-3-1)46-34-21-9-6-18-30(34)40-41-38(39-31-19-7-11-23-36(31)48-43(39)42(40)46)29-17-5-10-22-35(29)47(41)33-20-8-4-16-28(33)32-26-45-25-13-12-24-37(45)44-32/h1-26H. The van der Waals surface area contributed by atoms with Crippen molar-refractivity contribution in [3.63, 3.8) is 0 Å². The van der Waals surface area contributed by atoms with Crippen LogP contribution in [0.2, 0.25) is 0 Å². The Morgan fingerprint density at radius 1 is 0.500 bits per heavy atom. The van der Waals surface area contributed by atoms with Crippen molar-refractivity contribution in [2.75, 3.05) is 0 Å². The molecule has 11 aromatic rings. The molecule has 0 radical (unpaired) electrons. The highest BCUT2D eigenvalue weighted by molar-refractivity contribution is 6.39. The molecule has 5 aromatic heterocycles. The van der Waals surface area contributed by atoms with Crippen LogP contribution < -0.4 is 0 Å². The minimum atomic E-state index is 0.882. The van der Waals surface area contributed by atoms with Gasteiger partial charge >= 0.3 is 0 Å². The first-order chi connectivity index (χ1) is 23.8. The van der Waals surface area contributed by atoms with Gasteiger partial charge in [0.2, 0.25) is 0 Å². The van der Waals surface area contributed by atoms with Gasteiger partial charge < -0.3 is 18.0 Å². The SMILES string of the molecule is c1ccc(-n2c3ccccc3c3c2c2oc4ccccc4c2c2c4ccccc4n(-c4ccccc4-c4cn5ccccc5n4)c23)cc1. The summed E-state index contributed by atoms with van der Waals surface area (Å²) in [4.78, 5) is 5.08. The summed E-state index contributed by atoms with van der Waals surface area (Å²) in [5, 5.41) is 6.97. The van der Waals surface area contributed by atoms with Crippen molar-refractivity contribution in [2.24, 2.45) is 0 Å². The number of pyridine rings is 1. The summed E-state index contributed by atoms with van der Waals surface area (Å²) >= 11 is 0. The van der Waals surface area contributed by atoms with Crippen molar-refractivity contribution in [2.45, 2.75) is 0 Å². The lowest BCUT2D eigenvalue weighted by atomic mass is 10.0. The quantitative estimate of drug-likeness (QED) is 0.199. The van der Waals surface area contributed by atoms with Crippen molar-refractivity contribution < 1.29 is 4.42 Å². The van der Waals surface area contributed by atoms with Crippen LogP contribution in [0, 0.1) is 0 Å². The molecule has 5 heteroatoms. The van der Waals surface area contributed by atoms with Crippen LogP contribution in [0.4, 0.5) is 0 Å². The molecule has 6 aromatic carbocycles. The molecule has 11 rings (SSSR count). The van der Waals surface area contributed by atoms with Gasteiger partial charge in [-0.25, -0.2) is 4.98 Å². The van der Waals surface area contributed by atoms with Crippen LogP contribution in [0.1, 0.15) is 0 Å². The van der Waals surface area contributed by atoms with Gasteiger partial charge in [-0.05, 0) is 48.5 Å². The van der Waals surface area contributed by atoms with E-state index in [4.69, 9.17) is 9.40 Å². The smallest absolute Gasteiger partial charge is 0.160 e. The number of nitrogens with zero attached hydrogens (tertiary/aromatic N) is 4. The summed E-state index contributed by atoms with van der Waals surface area (Å²) in [7, 11) is 0. The molecule has 0 aliphatic heterocycles. The van der Waals surface area contributed by atoms with Gasteiger partial charge in [0.1, 0.15) is 11.2 Å². The van der Waals surface area contributed by atoms with Crippen molar-refractivity contribution in [1.29, 1.82) is 0 Å². The molecule has 0 saturated heterocycles. The zero-order valence-corrected chi connectivity index (χ0v) is 25.7. The number of fused-ring (bicyclic) bond motifs is 13. The zero-order chi connectivity index (χ0) is 31.3. The van der Waals surface area contributed by atoms with Crippen molar-refractivity contribution in [3.05, 3.63) is 158 Å². The van der Waals surface area contributed by atoms with Gasteiger partial charge in [-0.3, -0.25) is 0 Å². The Labute approximate surface area is 274 Å². The predicted octanol–water partition coefficient (Wildman–Crippen LogP) is 11.1. The molecule has 0 bridgehead atoms. The molecular formula is C43H26N4O. The molecule has 0 amide bonds. The highest BCUT2D eigenvalue weighted by Gasteiger charge is 2.28. The van der Waals surface area contributed by atoms with Crippen LogP contribution >= 0.6 is 0 Å². The number of furan rings is 1. The fraction of sp³-hybridized carbons (Fsp3) is 0. The van der Waals surface area contributed by atoms with E-state index in [-0.39, 0.29) is 0 Å². The third kappa shape index (κ3) is 3.32. The van der Waals surface area contributed by atoms with Gasteiger partial charge in [-0.2, -0.15) is 0 Å². The summed E-state index contributed by atoms with van der Waals surface area (Å²) in [5.74, 6) is 0. The molecule has 0 spiro atoms. The van der Waals surface area contributed by atoms with Gasteiger partial charge in [0.05, 0.1) is 33.4 Å². The molecule has 48 heavy (non-hydrogen) atoms. The number of para-hydroxylation sites is 5. The van der Waals surface area contributed by atoms with E-state index in [0.717, 1.165) is 77.7 Å². The molecule has 0 unspecified atom stereocenters. The number of imidazole rings is 1. The maximum atomic E-state index is 6.91. The Morgan fingerprint density at radius 3 is 2.00 bits per heavy atom. The second-order valence-electron chi connectivity index (χ2n) is 12.4. The van der Waals surface area contributed by atoms with E-state index in [0.29, 0.717) is 0 Å². The number of hydrogen-bond acceptors (Lipinski definition) is 2. The van der Waals surface area contributed by atoms with Crippen LogP contribution in [-0.2, 0) is 0 Å². The lowest BCUT2D eigenvalue weighted by Gasteiger charge is -2.14. The number of benzene rings is 6. The van der Waals surface area contributed by atoms with Gasteiger partial charge in [-0.15, -0.1) is 0 Å². The summed E-state index contributed by atoms with van der Waals surface area (Å²) in [5.41, 5.74) is 11.4. The molecule has 0 aliphatic carbocycles. The van der Waals surface area contributed by atoms with E-state index in [2.05, 4.69) is 159 Å². The van der Waals surface area contributed by atoms with E-state index in [1.165, 1.54) is 16.2 Å². The molecule has 0 N–H and O–H groups in total. The van der Waals surface area contributed by atoms with Crippen molar-refractivity contribution in [1.82, 2.24) is 18.5 Å². The average Bonchev–Trinajstić information content (AvgIpc) is 3.91. The lowest BCUT2D eigenvalue weighted by Crippen LogP contribution is -1.98. The maximum Gasteiger partial charge on any atom is 0.160 e. The molecule has 0 aliphatic rings. The number of rotatable bonds is 3. The molecule has 0 fully saturated rings. The average molecular weight is 615 g/mol. The highest BCUT2D eigenvalue weighted by Crippen LogP contribution is 2.50. The third-order valence-corrected chi connectivity index (χ3v) is 9.85. The van der Waals surface area contributed by atoms with E-state index in [9.17, 15) is 0 Å². The Kier molecular flexibility index (Phi) is 5.05. The third-order valence-electron chi connectivity index (χ3n) is 9.85. The molecular weight excluding hydrogens is 589 g/mol. The molecule has 5 heterocycles. The first-order valence-corrected chi connectivity index (χ1v) is 16.2. The molecule has 0 atom stereocenters. The van der Waals surface area contributed by atoms with E-state index in [1.807, 2.05) is 12.1 Å². The minimum absolute atomic E-state index is 0.882. The van der Waals surface area contributed by atoms with Crippen LogP contribution in [0.3, 0.4) is 0 Å². The number of aromatic nitrogens is 4. The van der Waals surface area contributed by atoms with Crippen LogP contribution in [0.25, 0.3) is 93.8 Å². The monoisotopic (exact) mass is 614 g/mol. The van der Waals surface area contributed by atoms with E-state index in [1.54, 1.807) is 0 Å². The van der Waals surface area contributed by atoms with Crippen molar-refractivity contribution >= 4 is 71.2 Å². The lowest BCUT2D eigenvalue weighted by molar-refractivity contribution is 0.671. The normalized spacial score (nSPS) is 12.2. The van der Waals surface area contributed by atoms with Crippen LogP contribution in [-0.4, -0.2) is 18.5 Å².